The molecule has 19 heteroatoms. The molecule has 3 saturated heterocycles. The van der Waals surface area contributed by atoms with Crippen molar-refractivity contribution in [2.24, 2.45) is 0 Å². The van der Waals surface area contributed by atoms with Gasteiger partial charge in [-0.05, 0) is 44.9 Å². The first kappa shape index (κ1) is 92.2. The fourth-order valence-electron chi connectivity index (χ4n) is 14.1. The van der Waals surface area contributed by atoms with Crippen molar-refractivity contribution >= 4 is 5.91 Å². The van der Waals surface area contributed by atoms with E-state index in [1.807, 2.05) is 6.08 Å². The number of ether oxygens (including phenoxy) is 6. The third-order valence-corrected chi connectivity index (χ3v) is 20.7. The minimum atomic E-state index is -1.98. The fourth-order valence-corrected chi connectivity index (χ4v) is 14.1. The van der Waals surface area contributed by atoms with Crippen LogP contribution in [-0.4, -0.2) is 193 Å². The molecule has 100 heavy (non-hydrogen) atoms. The van der Waals surface area contributed by atoms with Crippen LogP contribution in [0.4, 0.5) is 0 Å². The zero-order valence-corrected chi connectivity index (χ0v) is 62.9. The van der Waals surface area contributed by atoms with Gasteiger partial charge in [0, 0.05) is 6.42 Å². The number of carbonyl (C=O) groups excluding carboxylic acids is 1. The predicted octanol–water partition coefficient (Wildman–Crippen LogP) is 13.9. The molecule has 0 aliphatic carbocycles. The van der Waals surface area contributed by atoms with E-state index >= 15 is 0 Å². The molecule has 0 spiro atoms. The van der Waals surface area contributed by atoms with Gasteiger partial charge in [-0.1, -0.05) is 326 Å². The molecule has 17 unspecified atom stereocenters. The van der Waals surface area contributed by atoms with Crippen LogP contribution in [0.15, 0.2) is 36.5 Å². The first-order valence-electron chi connectivity index (χ1n) is 41.2. The number of aliphatic hydroxyl groups excluding tert-OH is 11. The number of hydrogen-bond donors (Lipinski definition) is 12. The molecule has 0 aromatic heterocycles. The van der Waals surface area contributed by atoms with Crippen molar-refractivity contribution in [3.05, 3.63) is 36.5 Å². The molecule has 3 aliphatic rings. The monoisotopic (exact) mass is 1430 g/mol. The summed E-state index contributed by atoms with van der Waals surface area (Å²) in [5.41, 5.74) is 0. The molecule has 0 bridgehead atoms. The van der Waals surface area contributed by atoms with Gasteiger partial charge in [-0.3, -0.25) is 4.79 Å². The summed E-state index contributed by atoms with van der Waals surface area (Å²) in [4.78, 5) is 13.5. The smallest absolute Gasteiger partial charge is 0.220 e. The average molecular weight is 1430 g/mol. The molecule has 0 aromatic carbocycles. The Kier molecular flexibility index (Phi) is 57.3. The highest BCUT2D eigenvalue weighted by Gasteiger charge is 2.54. The second kappa shape index (κ2) is 62.1. The van der Waals surface area contributed by atoms with Crippen LogP contribution in [0.25, 0.3) is 0 Å². The van der Waals surface area contributed by atoms with E-state index in [0.29, 0.717) is 12.8 Å². The molecule has 0 saturated carbocycles. The van der Waals surface area contributed by atoms with Gasteiger partial charge in [0.05, 0.1) is 38.6 Å². The van der Waals surface area contributed by atoms with E-state index in [-0.39, 0.29) is 18.9 Å². The number of nitrogens with one attached hydrogen (secondary N) is 1. The van der Waals surface area contributed by atoms with Crippen LogP contribution in [0, 0.1) is 0 Å². The summed E-state index contributed by atoms with van der Waals surface area (Å²) in [6, 6.07) is -0.995. The standard InChI is InChI=1S/C81H151NO18/c1-3-5-7-9-11-13-15-17-19-21-23-24-25-26-27-28-29-30-31-32-33-34-35-36-37-38-39-40-41-43-45-47-49-51-53-55-57-59-69(87)82-64(65(86)58-56-54-52-50-48-46-44-42-22-20-18-16-14-12-10-8-6-4-2)63-95-79-75(93)72(90)77(67(61-84)97-79)100-81-76(94)73(91)78(68(62-85)98-81)99-80-74(92)71(89)70(88)66(60-83)96-80/h22,42,48,50,56,58,64-68,70-81,83-86,88-94H,3-21,23-41,43-47,49,51-55,57,59-63H2,1-2H3,(H,82,87)/b42-22+,50-48+,58-56+. The van der Waals surface area contributed by atoms with E-state index in [4.69, 9.17) is 28.4 Å². The van der Waals surface area contributed by atoms with Gasteiger partial charge < -0.3 is 89.9 Å². The lowest BCUT2D eigenvalue weighted by Crippen LogP contribution is -2.66. The molecule has 0 radical (unpaired) electrons. The van der Waals surface area contributed by atoms with Gasteiger partial charge >= 0.3 is 0 Å². The number of aliphatic hydroxyl groups is 11. The van der Waals surface area contributed by atoms with Crippen LogP contribution in [0.5, 0.6) is 0 Å². The zero-order chi connectivity index (χ0) is 72.5. The lowest BCUT2D eigenvalue weighted by molar-refractivity contribution is -0.379. The summed E-state index contributed by atoms with van der Waals surface area (Å²) in [5, 5.41) is 121. The number of unbranched alkanes of at least 4 members (excludes halogenated alkanes) is 46. The Morgan fingerprint density at radius 3 is 1.00 bits per heavy atom. The third-order valence-electron chi connectivity index (χ3n) is 20.7. The largest absolute Gasteiger partial charge is 0.394 e. The maximum Gasteiger partial charge on any atom is 0.220 e. The number of hydrogen-bond acceptors (Lipinski definition) is 18. The Morgan fingerprint density at radius 1 is 0.350 bits per heavy atom. The molecule has 12 N–H and O–H groups in total. The predicted molar refractivity (Wildman–Crippen MR) is 397 cm³/mol. The maximum atomic E-state index is 13.5. The number of rotatable bonds is 66. The number of amides is 1. The molecule has 19 nitrogen and oxygen atoms in total. The van der Waals surface area contributed by atoms with Gasteiger partial charge in [0.25, 0.3) is 0 Å². The normalized spacial score (nSPS) is 26.6. The summed E-state index contributed by atoms with van der Waals surface area (Å²) < 4.78 is 34.4. The molecule has 3 rings (SSSR count). The molecule has 3 heterocycles. The highest BCUT2D eigenvalue weighted by atomic mass is 16.8. The molecule has 17 atom stereocenters. The number of allylic oxidation sites excluding steroid dienone is 5. The number of carbonyl (C=O) groups is 1. The van der Waals surface area contributed by atoms with Gasteiger partial charge in [0.1, 0.15) is 73.2 Å². The van der Waals surface area contributed by atoms with Crippen LogP contribution in [0.3, 0.4) is 0 Å². The van der Waals surface area contributed by atoms with E-state index in [9.17, 15) is 61.0 Å². The summed E-state index contributed by atoms with van der Waals surface area (Å²) in [6.45, 7) is 1.75. The highest BCUT2D eigenvalue weighted by Crippen LogP contribution is 2.33. The summed E-state index contributed by atoms with van der Waals surface area (Å²) >= 11 is 0. The third kappa shape index (κ3) is 41.8. The van der Waals surface area contributed by atoms with E-state index in [0.717, 1.165) is 44.9 Å². The van der Waals surface area contributed by atoms with Crippen molar-refractivity contribution < 1.29 is 89.4 Å². The average Bonchev–Trinajstić information content (AvgIpc) is 0.783. The lowest BCUT2D eigenvalue weighted by Gasteiger charge is -2.48. The van der Waals surface area contributed by atoms with Crippen LogP contribution < -0.4 is 5.32 Å². The quantitative estimate of drug-likeness (QED) is 0.0199. The highest BCUT2D eigenvalue weighted by molar-refractivity contribution is 5.76. The van der Waals surface area contributed by atoms with Crippen molar-refractivity contribution in [1.82, 2.24) is 5.32 Å². The Hall–Kier alpha value is -1.99. The first-order valence-corrected chi connectivity index (χ1v) is 41.2. The van der Waals surface area contributed by atoms with Gasteiger partial charge in [-0.15, -0.1) is 0 Å². The van der Waals surface area contributed by atoms with Gasteiger partial charge in [-0.25, -0.2) is 0 Å². The van der Waals surface area contributed by atoms with Crippen molar-refractivity contribution in [2.45, 2.75) is 446 Å². The Bertz CT molecular complexity index is 1950. The molecule has 1 amide bonds. The van der Waals surface area contributed by atoms with Crippen molar-refractivity contribution in [3.63, 3.8) is 0 Å². The van der Waals surface area contributed by atoms with Crippen LogP contribution in [0.1, 0.15) is 341 Å². The minimum Gasteiger partial charge on any atom is -0.394 e. The fraction of sp³-hybridized carbons (Fsp3) is 0.914. The van der Waals surface area contributed by atoms with Gasteiger partial charge in [-0.2, -0.15) is 0 Å². The topological polar surface area (TPSA) is 307 Å². The lowest BCUT2D eigenvalue weighted by atomic mass is 9.96. The van der Waals surface area contributed by atoms with E-state index in [1.165, 1.54) is 263 Å². The minimum absolute atomic E-state index is 0.236. The molecule has 588 valence electrons. The van der Waals surface area contributed by atoms with Crippen LogP contribution in [-0.2, 0) is 33.2 Å². The molecular weight excluding hydrogens is 1270 g/mol. The second-order valence-corrected chi connectivity index (χ2v) is 29.6. The Balaban J connectivity index is 1.32. The van der Waals surface area contributed by atoms with E-state index in [1.54, 1.807) is 6.08 Å². The van der Waals surface area contributed by atoms with E-state index in [2.05, 4.69) is 43.5 Å². The summed E-state index contributed by atoms with van der Waals surface area (Å²) in [6.07, 6.45) is 50.3. The van der Waals surface area contributed by atoms with Crippen molar-refractivity contribution in [1.29, 1.82) is 0 Å². The second-order valence-electron chi connectivity index (χ2n) is 29.6. The van der Waals surface area contributed by atoms with Gasteiger partial charge in [0.15, 0.2) is 18.9 Å². The maximum absolute atomic E-state index is 13.5. The van der Waals surface area contributed by atoms with Crippen LogP contribution in [0.2, 0.25) is 0 Å². The first-order chi connectivity index (χ1) is 48.8. The zero-order valence-electron chi connectivity index (χ0n) is 62.9. The SMILES string of the molecule is CCCCCCCCCC/C=C/CC/C=C/CC/C=C/C(O)C(COC1OC(CO)C(OC2OC(CO)C(OC3OC(CO)C(O)C(O)C3O)C(O)C2O)C(O)C1O)NC(=O)CCCCCCCCCCCCCCCCCCCCCCCCCCCCCCCCCCCCCCC. The summed E-state index contributed by atoms with van der Waals surface area (Å²) in [7, 11) is 0. The van der Waals surface area contributed by atoms with E-state index < -0.39 is 124 Å². The van der Waals surface area contributed by atoms with Crippen LogP contribution >= 0.6 is 0 Å². The Labute approximate surface area is 606 Å². The molecular formula is C81H151NO18. The van der Waals surface area contributed by atoms with Crippen molar-refractivity contribution in [3.8, 4) is 0 Å². The molecule has 3 aliphatic heterocycles. The molecule has 0 aromatic rings. The van der Waals surface area contributed by atoms with Gasteiger partial charge in [0.2, 0.25) is 5.91 Å². The Morgan fingerprint density at radius 2 is 0.640 bits per heavy atom. The van der Waals surface area contributed by atoms with Crippen molar-refractivity contribution in [2.75, 3.05) is 26.4 Å². The molecule has 3 fully saturated rings. The summed E-state index contributed by atoms with van der Waals surface area (Å²) in [5.74, 6) is -0.283.